The third-order valence-corrected chi connectivity index (χ3v) is 2.14. The molecule has 0 bridgehead atoms. The van der Waals surface area contributed by atoms with Crippen LogP contribution in [0.2, 0.25) is 0 Å². The minimum absolute atomic E-state index is 0.568. The summed E-state index contributed by atoms with van der Waals surface area (Å²) in [5.74, 6) is 0. The molecule has 0 saturated carbocycles. The summed E-state index contributed by atoms with van der Waals surface area (Å²) in [4.78, 5) is 0. The smallest absolute Gasteiger partial charge is 0.0429 e. The van der Waals surface area contributed by atoms with E-state index >= 15 is 0 Å². The maximum Gasteiger partial charge on any atom is 0.0429 e. The molecule has 0 spiro atoms. The Morgan fingerprint density at radius 3 is 1.90 bits per heavy atom. The van der Waals surface area contributed by atoms with Crippen LogP contribution in [0.15, 0.2) is 72.9 Å². The third-order valence-electron chi connectivity index (χ3n) is 2.14. The monoisotopic (exact) mass is 287 g/mol. The van der Waals surface area contributed by atoms with E-state index in [4.69, 9.17) is 5.41 Å². The second-order valence-electron chi connectivity index (χ2n) is 3.48. The van der Waals surface area contributed by atoms with Crippen LogP contribution in [0.4, 0.5) is 0 Å². The maximum atomic E-state index is 8.04. The van der Waals surface area contributed by atoms with Crippen molar-refractivity contribution in [3.05, 3.63) is 72.9 Å². The largest absolute Gasteiger partial charge is 0.304 e. The van der Waals surface area contributed by atoms with Gasteiger partial charge >= 0.3 is 0 Å². The van der Waals surface area contributed by atoms with E-state index in [-0.39, 0.29) is 0 Å². The van der Waals surface area contributed by atoms with Crippen LogP contribution < -0.4 is 0 Å². The molecule has 0 aromatic heterocycles. The standard InChI is InChI=1S/C16H21N.2C2H6/c1-5-9-12-14(8-4)13-16(17)15(10-6-2)11-7-3;2*1-2/h5-12,17H,2,4,13H2,1,3H3;2*1-2H3/b9-5-,11-7-,14-12+,15-10+,17-16?;;. The van der Waals surface area contributed by atoms with Crippen LogP contribution in [0.5, 0.6) is 0 Å². The molecule has 0 unspecified atom stereocenters. The molecule has 0 aliphatic rings. The van der Waals surface area contributed by atoms with E-state index in [9.17, 15) is 0 Å². The Morgan fingerprint density at radius 2 is 1.52 bits per heavy atom. The topological polar surface area (TPSA) is 23.9 Å². The number of allylic oxidation sites excluding steroid dienone is 10. The van der Waals surface area contributed by atoms with Crippen LogP contribution in [0.3, 0.4) is 0 Å². The molecule has 0 aromatic carbocycles. The first-order valence-electron chi connectivity index (χ1n) is 7.67. The lowest BCUT2D eigenvalue weighted by atomic mass is 10.0. The van der Waals surface area contributed by atoms with E-state index in [1.165, 1.54) is 0 Å². The first-order chi connectivity index (χ1) is 10.2. The van der Waals surface area contributed by atoms with Crippen molar-refractivity contribution in [3.8, 4) is 0 Å². The van der Waals surface area contributed by atoms with Gasteiger partial charge in [0.25, 0.3) is 0 Å². The van der Waals surface area contributed by atoms with Gasteiger partial charge in [-0.3, -0.25) is 0 Å². The van der Waals surface area contributed by atoms with Crippen molar-refractivity contribution >= 4 is 5.71 Å². The fourth-order valence-corrected chi connectivity index (χ4v) is 1.29. The second-order valence-corrected chi connectivity index (χ2v) is 3.48. The first kappa shape index (κ1) is 24.1. The van der Waals surface area contributed by atoms with E-state index < -0.39 is 0 Å². The lowest BCUT2D eigenvalue weighted by molar-refractivity contribution is 1.29. The predicted octanol–water partition coefficient (Wildman–Crippen LogP) is 6.83. The molecule has 118 valence electrons. The minimum atomic E-state index is 0.568. The molecule has 0 radical (unpaired) electrons. The van der Waals surface area contributed by atoms with Crippen molar-refractivity contribution in [2.24, 2.45) is 0 Å². The molecule has 0 fully saturated rings. The van der Waals surface area contributed by atoms with Crippen LogP contribution in [0.1, 0.15) is 48.0 Å². The quantitative estimate of drug-likeness (QED) is 0.392. The van der Waals surface area contributed by atoms with Crippen molar-refractivity contribution in [1.82, 2.24) is 0 Å². The number of hydrogen-bond donors (Lipinski definition) is 1. The zero-order valence-electron chi connectivity index (χ0n) is 14.7. The van der Waals surface area contributed by atoms with Gasteiger partial charge in [0, 0.05) is 12.1 Å². The van der Waals surface area contributed by atoms with Crippen LogP contribution in [-0.2, 0) is 0 Å². The van der Waals surface area contributed by atoms with Crippen LogP contribution in [0.25, 0.3) is 0 Å². The van der Waals surface area contributed by atoms with Gasteiger partial charge in [-0.15, -0.1) is 0 Å². The van der Waals surface area contributed by atoms with Crippen LogP contribution >= 0.6 is 0 Å². The molecule has 0 rings (SSSR count). The summed E-state index contributed by atoms with van der Waals surface area (Å²) in [6, 6.07) is 0. The van der Waals surface area contributed by atoms with Gasteiger partial charge in [-0.1, -0.05) is 89.5 Å². The molecule has 0 amide bonds. The molecule has 0 heterocycles. The fraction of sp³-hybridized carbons (Fsp3) is 0.350. The highest BCUT2D eigenvalue weighted by Crippen LogP contribution is 2.11. The molecule has 1 heteroatoms. The van der Waals surface area contributed by atoms with Gasteiger partial charge in [0.05, 0.1) is 0 Å². The SMILES string of the molecule is C=C/C=C(\C=C/C)C(=N)C/C(C=C)=C/C=C\C.CC.CC. The Hall–Kier alpha value is -1.89. The van der Waals surface area contributed by atoms with E-state index in [1.807, 2.05) is 78.0 Å². The van der Waals surface area contributed by atoms with Crippen LogP contribution in [0, 0.1) is 5.41 Å². The highest BCUT2D eigenvalue weighted by molar-refractivity contribution is 6.02. The summed E-state index contributed by atoms with van der Waals surface area (Å²) < 4.78 is 0. The Morgan fingerprint density at radius 1 is 0.952 bits per heavy atom. The molecule has 21 heavy (non-hydrogen) atoms. The highest BCUT2D eigenvalue weighted by Gasteiger charge is 2.02. The summed E-state index contributed by atoms with van der Waals surface area (Å²) >= 11 is 0. The highest BCUT2D eigenvalue weighted by atomic mass is 14.4. The third kappa shape index (κ3) is 14.3. The summed E-state index contributed by atoms with van der Waals surface area (Å²) in [6.07, 6.45) is 15.6. The van der Waals surface area contributed by atoms with Crippen molar-refractivity contribution in [2.45, 2.75) is 48.0 Å². The van der Waals surface area contributed by atoms with Gasteiger partial charge in [-0.25, -0.2) is 0 Å². The van der Waals surface area contributed by atoms with Crippen molar-refractivity contribution in [1.29, 1.82) is 5.41 Å². The first-order valence-corrected chi connectivity index (χ1v) is 7.67. The Kier molecular flexibility index (Phi) is 23.5. The predicted molar refractivity (Wildman–Crippen MR) is 101 cm³/mol. The Labute approximate surface area is 132 Å². The summed E-state index contributed by atoms with van der Waals surface area (Å²) in [6.45, 7) is 19.3. The number of nitrogens with one attached hydrogen (secondary N) is 1. The molecule has 1 nitrogen and oxygen atoms in total. The Bertz CT molecular complexity index is 390. The van der Waals surface area contributed by atoms with Gasteiger partial charge in [0.2, 0.25) is 0 Å². The van der Waals surface area contributed by atoms with Gasteiger partial charge in [-0.2, -0.15) is 0 Å². The molecule has 0 saturated heterocycles. The summed E-state index contributed by atoms with van der Waals surface area (Å²) in [5, 5.41) is 8.04. The van der Waals surface area contributed by atoms with Gasteiger partial charge in [0.15, 0.2) is 0 Å². The molecule has 0 aliphatic heterocycles. The summed E-state index contributed by atoms with van der Waals surface area (Å²) in [5.41, 5.74) is 2.49. The lowest BCUT2D eigenvalue weighted by Crippen LogP contribution is -2.00. The lowest BCUT2D eigenvalue weighted by Gasteiger charge is -2.05. The van der Waals surface area contributed by atoms with E-state index in [0.717, 1.165) is 11.1 Å². The second kappa shape index (κ2) is 20.4. The normalized spacial score (nSPS) is 11.3. The van der Waals surface area contributed by atoms with E-state index in [2.05, 4.69) is 13.2 Å². The zero-order chi connectivity index (χ0) is 17.1. The minimum Gasteiger partial charge on any atom is -0.304 e. The average molecular weight is 287 g/mol. The van der Waals surface area contributed by atoms with Crippen LogP contribution in [-0.4, -0.2) is 5.71 Å². The zero-order valence-corrected chi connectivity index (χ0v) is 14.7. The molecule has 0 atom stereocenters. The maximum absolute atomic E-state index is 8.04. The van der Waals surface area contributed by atoms with Gasteiger partial charge in [0.1, 0.15) is 0 Å². The molecular weight excluding hydrogens is 254 g/mol. The van der Waals surface area contributed by atoms with E-state index in [0.29, 0.717) is 12.1 Å². The molecule has 0 aromatic rings. The van der Waals surface area contributed by atoms with Crippen molar-refractivity contribution < 1.29 is 0 Å². The van der Waals surface area contributed by atoms with Crippen molar-refractivity contribution in [3.63, 3.8) is 0 Å². The number of hydrogen-bond acceptors (Lipinski definition) is 1. The fourth-order valence-electron chi connectivity index (χ4n) is 1.29. The molecule has 1 N–H and O–H groups in total. The Balaban J connectivity index is -0.000000739. The van der Waals surface area contributed by atoms with Gasteiger partial charge < -0.3 is 5.41 Å². The van der Waals surface area contributed by atoms with E-state index in [1.54, 1.807) is 12.2 Å². The van der Waals surface area contributed by atoms with Crippen molar-refractivity contribution in [2.75, 3.05) is 0 Å². The molecular formula is C20H33N. The molecule has 0 aliphatic carbocycles. The average Bonchev–Trinajstić information content (AvgIpc) is 2.54. The summed E-state index contributed by atoms with van der Waals surface area (Å²) in [7, 11) is 0. The number of rotatable bonds is 7. The van der Waals surface area contributed by atoms with Gasteiger partial charge in [-0.05, 0) is 25.0 Å².